The van der Waals surface area contributed by atoms with Crippen molar-refractivity contribution in [2.24, 2.45) is 0 Å². The Morgan fingerprint density at radius 1 is 1.29 bits per heavy atom. The lowest BCUT2D eigenvalue weighted by Crippen LogP contribution is -2.24. The lowest BCUT2D eigenvalue weighted by Gasteiger charge is -2.13. The smallest absolute Gasteiger partial charge is 0.281 e. The van der Waals surface area contributed by atoms with Gasteiger partial charge in [0.2, 0.25) is 5.95 Å². The summed E-state index contributed by atoms with van der Waals surface area (Å²) < 4.78 is 7.30. The van der Waals surface area contributed by atoms with E-state index in [1.165, 1.54) is 11.2 Å². The van der Waals surface area contributed by atoms with Gasteiger partial charge in [-0.25, -0.2) is 4.98 Å². The first-order chi connectivity index (χ1) is 13.6. The number of aromatic nitrogens is 7. The van der Waals surface area contributed by atoms with Gasteiger partial charge in [-0.05, 0) is 17.3 Å². The van der Waals surface area contributed by atoms with Gasteiger partial charge in [-0.3, -0.25) is 4.57 Å². The molecule has 28 heavy (non-hydrogen) atoms. The molecule has 1 aromatic carbocycles. The molecule has 12 heteroatoms. The van der Waals surface area contributed by atoms with E-state index < -0.39 is 18.4 Å². The molecule has 0 radical (unpaired) electrons. The zero-order chi connectivity index (χ0) is 19.3. The fourth-order valence-corrected chi connectivity index (χ4v) is 3.23. The van der Waals surface area contributed by atoms with Crippen molar-refractivity contribution < 1.29 is 19.8 Å². The zero-order valence-electron chi connectivity index (χ0n) is 14.5. The lowest BCUT2D eigenvalue weighted by molar-refractivity contribution is -0.0432. The summed E-state index contributed by atoms with van der Waals surface area (Å²) in [7, 11) is 0. The second-order valence-corrected chi connectivity index (χ2v) is 6.37. The molecule has 144 valence electrons. The molecule has 1 aliphatic heterocycles. The molecular weight excluding hydrogens is 368 g/mol. The lowest BCUT2D eigenvalue weighted by atomic mass is 10.2. The molecule has 1 fully saturated rings. The van der Waals surface area contributed by atoms with Crippen LogP contribution < -0.4 is 10.6 Å². The summed E-state index contributed by atoms with van der Waals surface area (Å²) in [4.78, 5) is 19.7. The molecule has 0 saturated carbocycles. The molecule has 5 rings (SSSR count). The van der Waals surface area contributed by atoms with Gasteiger partial charge in [0.1, 0.15) is 23.4 Å². The quantitative estimate of drug-likeness (QED) is 0.424. The number of benzene rings is 1. The Labute approximate surface area is 157 Å². The highest BCUT2D eigenvalue weighted by Gasteiger charge is 2.35. The Balaban J connectivity index is 1.55. The van der Waals surface area contributed by atoms with Gasteiger partial charge in [0.25, 0.3) is 5.88 Å². The molecule has 3 aromatic heterocycles. The third-order valence-corrected chi connectivity index (χ3v) is 4.60. The Hall–Kier alpha value is -3.35. The molecule has 0 amide bonds. The predicted octanol–water partition coefficient (Wildman–Crippen LogP) is -0.364. The maximum Gasteiger partial charge on any atom is 0.281 e. The largest absolute Gasteiger partial charge is 0.394 e. The van der Waals surface area contributed by atoms with Crippen molar-refractivity contribution in [1.82, 2.24) is 34.7 Å². The fraction of sp³-hybridized carbons (Fsp3) is 0.312. The maximum absolute atomic E-state index is 9.99. The number of aliphatic hydroxyl groups excluding tert-OH is 2. The SMILES string of the molecule is Nc1nc(On2nnc3ccccc32)c2ncn([C@H]3C[C@H](O)[C@@H](CO)O3)c2n1. The number of aliphatic hydroxyl groups is 2. The minimum Gasteiger partial charge on any atom is -0.394 e. The second-order valence-electron chi connectivity index (χ2n) is 6.37. The van der Waals surface area contributed by atoms with Crippen molar-refractivity contribution >= 4 is 28.1 Å². The Morgan fingerprint density at radius 3 is 2.96 bits per heavy atom. The number of nitrogens with zero attached hydrogens (tertiary/aromatic N) is 7. The van der Waals surface area contributed by atoms with Gasteiger partial charge in [-0.1, -0.05) is 17.0 Å². The molecule has 0 bridgehead atoms. The first-order valence-electron chi connectivity index (χ1n) is 8.57. The summed E-state index contributed by atoms with van der Waals surface area (Å²) in [5.74, 6) is 0.0834. The van der Waals surface area contributed by atoms with Crippen LogP contribution in [0.4, 0.5) is 5.95 Å². The van der Waals surface area contributed by atoms with E-state index in [4.69, 9.17) is 15.3 Å². The number of ether oxygens (including phenoxy) is 1. The van der Waals surface area contributed by atoms with Crippen LogP contribution in [-0.2, 0) is 4.74 Å². The van der Waals surface area contributed by atoms with Gasteiger partial charge in [0.15, 0.2) is 11.2 Å². The average molecular weight is 384 g/mol. The normalized spacial score (nSPS) is 22.3. The average Bonchev–Trinajstić information content (AvgIpc) is 3.38. The van der Waals surface area contributed by atoms with Crippen molar-refractivity contribution in [1.29, 1.82) is 0 Å². The maximum atomic E-state index is 9.99. The number of anilines is 1. The number of hydrogen-bond donors (Lipinski definition) is 3. The highest BCUT2D eigenvalue weighted by molar-refractivity contribution is 5.78. The summed E-state index contributed by atoms with van der Waals surface area (Å²) in [5, 5.41) is 27.3. The molecule has 4 aromatic rings. The van der Waals surface area contributed by atoms with E-state index in [0.717, 1.165) is 0 Å². The van der Waals surface area contributed by atoms with Crippen LogP contribution in [0.3, 0.4) is 0 Å². The topological polar surface area (TPSA) is 159 Å². The van der Waals surface area contributed by atoms with Crippen LogP contribution in [0.2, 0.25) is 0 Å². The highest BCUT2D eigenvalue weighted by Crippen LogP contribution is 2.32. The van der Waals surface area contributed by atoms with E-state index in [1.54, 1.807) is 16.7 Å². The molecule has 0 unspecified atom stereocenters. The van der Waals surface area contributed by atoms with Gasteiger partial charge in [-0.2, -0.15) is 9.97 Å². The van der Waals surface area contributed by atoms with Crippen molar-refractivity contribution in [3.63, 3.8) is 0 Å². The number of nitrogens with two attached hydrogens (primary N) is 1. The van der Waals surface area contributed by atoms with Gasteiger partial charge in [0.05, 0.1) is 19.0 Å². The van der Waals surface area contributed by atoms with Crippen LogP contribution in [0.15, 0.2) is 30.6 Å². The summed E-state index contributed by atoms with van der Waals surface area (Å²) in [5.41, 5.74) is 7.89. The molecule has 1 aliphatic rings. The van der Waals surface area contributed by atoms with E-state index in [9.17, 15) is 10.2 Å². The first kappa shape index (κ1) is 16.8. The Bertz CT molecular complexity index is 1160. The number of para-hydroxylation sites is 1. The monoisotopic (exact) mass is 384 g/mol. The Kier molecular flexibility index (Phi) is 3.82. The van der Waals surface area contributed by atoms with E-state index in [-0.39, 0.29) is 24.9 Å². The third kappa shape index (κ3) is 2.62. The van der Waals surface area contributed by atoms with Crippen molar-refractivity contribution in [2.45, 2.75) is 24.9 Å². The molecule has 0 aliphatic carbocycles. The van der Waals surface area contributed by atoms with Crippen molar-refractivity contribution in [2.75, 3.05) is 12.3 Å². The molecular formula is C16H16N8O4. The number of nitrogen functional groups attached to an aromatic ring is 1. The van der Waals surface area contributed by atoms with Crippen LogP contribution >= 0.6 is 0 Å². The van der Waals surface area contributed by atoms with Crippen LogP contribution in [0.1, 0.15) is 12.6 Å². The molecule has 12 nitrogen and oxygen atoms in total. The highest BCUT2D eigenvalue weighted by atomic mass is 16.7. The Morgan fingerprint density at radius 2 is 2.14 bits per heavy atom. The van der Waals surface area contributed by atoms with E-state index in [1.807, 2.05) is 12.1 Å². The van der Waals surface area contributed by atoms with Gasteiger partial charge in [-0.15, -0.1) is 5.10 Å². The summed E-state index contributed by atoms with van der Waals surface area (Å²) in [6.07, 6.45) is -0.221. The summed E-state index contributed by atoms with van der Waals surface area (Å²) >= 11 is 0. The van der Waals surface area contributed by atoms with Crippen LogP contribution in [0, 0.1) is 0 Å². The van der Waals surface area contributed by atoms with Crippen LogP contribution in [0.25, 0.3) is 22.2 Å². The molecule has 4 heterocycles. The second kappa shape index (κ2) is 6.37. The van der Waals surface area contributed by atoms with Gasteiger partial charge >= 0.3 is 0 Å². The first-order valence-corrected chi connectivity index (χ1v) is 8.57. The van der Waals surface area contributed by atoms with Gasteiger partial charge in [0, 0.05) is 6.42 Å². The van der Waals surface area contributed by atoms with E-state index in [0.29, 0.717) is 22.2 Å². The number of fused-ring (bicyclic) bond motifs is 2. The fourth-order valence-electron chi connectivity index (χ4n) is 3.23. The van der Waals surface area contributed by atoms with E-state index in [2.05, 4.69) is 25.3 Å². The third-order valence-electron chi connectivity index (χ3n) is 4.60. The van der Waals surface area contributed by atoms with Crippen LogP contribution in [0.5, 0.6) is 5.88 Å². The molecule has 4 N–H and O–H groups in total. The van der Waals surface area contributed by atoms with E-state index >= 15 is 0 Å². The molecule has 3 atom stereocenters. The molecule has 0 spiro atoms. The minimum absolute atomic E-state index is 0.0223. The summed E-state index contributed by atoms with van der Waals surface area (Å²) in [6, 6.07) is 7.30. The van der Waals surface area contributed by atoms with Crippen molar-refractivity contribution in [3.05, 3.63) is 30.6 Å². The molecule has 1 saturated heterocycles. The van der Waals surface area contributed by atoms with Crippen molar-refractivity contribution in [3.8, 4) is 5.88 Å². The number of hydrogen-bond acceptors (Lipinski definition) is 10. The predicted molar refractivity (Wildman–Crippen MR) is 94.9 cm³/mol. The summed E-state index contributed by atoms with van der Waals surface area (Å²) in [6.45, 7) is -0.283. The standard InChI is InChI=1S/C16H16N8O4/c17-16-19-14-13(18-7-23(14)12-5-10(26)11(6-25)27-12)15(20-16)28-24-9-4-2-1-3-8(9)21-22-24/h1-4,7,10-12,25-26H,5-6H2,(H2,17,19,20)/t10-,11+,12+/m0/s1. The van der Waals surface area contributed by atoms with Crippen LogP contribution in [-0.4, -0.2) is 63.7 Å². The number of imidazole rings is 1. The zero-order valence-corrected chi connectivity index (χ0v) is 14.5. The van der Waals surface area contributed by atoms with Gasteiger partial charge < -0.3 is 25.5 Å². The minimum atomic E-state index is -0.788. The number of rotatable bonds is 4.